The third kappa shape index (κ3) is 2.05. The summed E-state index contributed by atoms with van der Waals surface area (Å²) in [6.07, 6.45) is 0. The zero-order valence-electron chi connectivity index (χ0n) is 13.6. The van der Waals surface area contributed by atoms with Crippen molar-refractivity contribution in [3.05, 3.63) is 71.3 Å². The van der Waals surface area contributed by atoms with Gasteiger partial charge in [-0.05, 0) is 22.9 Å². The van der Waals surface area contributed by atoms with Crippen LogP contribution in [-0.4, -0.2) is 9.97 Å². The summed E-state index contributed by atoms with van der Waals surface area (Å²) in [5.74, 6) is -11.6. The van der Waals surface area contributed by atoms with E-state index in [0.717, 1.165) is 10.8 Å². The number of nitrogens with zero attached hydrogens (tertiary/aromatic N) is 2. The Hall–Kier alpha value is -3.42. The van der Waals surface area contributed by atoms with E-state index >= 15 is 0 Å². The Bertz CT molecular complexity index is 1370. The molecule has 0 aliphatic heterocycles. The molecule has 0 aliphatic carbocycles. The van der Waals surface area contributed by atoms with Gasteiger partial charge in [0, 0.05) is 0 Å². The molecular formula is C20H6F6N2. The first-order chi connectivity index (χ1) is 13.4. The molecule has 1 aromatic heterocycles. The van der Waals surface area contributed by atoms with Crippen LogP contribution in [0.3, 0.4) is 0 Å². The molecule has 0 atom stereocenters. The van der Waals surface area contributed by atoms with Crippen LogP contribution in [-0.2, 0) is 0 Å². The summed E-state index contributed by atoms with van der Waals surface area (Å²) in [4.78, 5) is 7.96. The van der Waals surface area contributed by atoms with Crippen molar-refractivity contribution in [1.82, 2.24) is 9.97 Å². The molecule has 28 heavy (non-hydrogen) atoms. The van der Waals surface area contributed by atoms with Crippen molar-refractivity contribution < 1.29 is 26.3 Å². The molecule has 2 nitrogen and oxygen atoms in total. The van der Waals surface area contributed by atoms with Gasteiger partial charge in [0.15, 0.2) is 34.9 Å². The first-order valence-electron chi connectivity index (χ1n) is 8.01. The molecule has 5 rings (SSSR count). The standard InChI is InChI=1S/C20H6F6N2/c21-13-11-12(14(22)18(26)17(13)25)16(24)20-19(15(11)23)27-9-5-7-3-1-2-4-8(7)6-10(9)28-20/h1-6H. The van der Waals surface area contributed by atoms with Gasteiger partial charge in [-0.3, -0.25) is 0 Å². The Morgan fingerprint density at radius 2 is 0.893 bits per heavy atom. The maximum atomic E-state index is 14.9. The van der Waals surface area contributed by atoms with Gasteiger partial charge in [-0.25, -0.2) is 36.3 Å². The number of hydrogen-bond donors (Lipinski definition) is 0. The molecular weight excluding hydrogens is 382 g/mol. The number of halogens is 6. The van der Waals surface area contributed by atoms with Gasteiger partial charge < -0.3 is 0 Å². The molecule has 0 radical (unpaired) electrons. The van der Waals surface area contributed by atoms with Crippen LogP contribution in [0.2, 0.25) is 0 Å². The summed E-state index contributed by atoms with van der Waals surface area (Å²) in [5, 5.41) is -1.21. The quantitative estimate of drug-likeness (QED) is 0.142. The van der Waals surface area contributed by atoms with Crippen molar-refractivity contribution in [1.29, 1.82) is 0 Å². The summed E-state index contributed by atoms with van der Waals surface area (Å²) in [5.41, 5.74) is -1.08. The average Bonchev–Trinajstić information content (AvgIpc) is 2.70. The fraction of sp³-hybridized carbons (Fsp3) is 0. The Morgan fingerprint density at radius 1 is 0.500 bits per heavy atom. The van der Waals surface area contributed by atoms with E-state index in [4.69, 9.17) is 0 Å². The predicted octanol–water partition coefficient (Wildman–Crippen LogP) is 5.92. The second-order valence-electron chi connectivity index (χ2n) is 6.24. The van der Waals surface area contributed by atoms with Crippen LogP contribution >= 0.6 is 0 Å². The molecule has 5 aromatic rings. The highest BCUT2D eigenvalue weighted by Crippen LogP contribution is 2.36. The summed E-state index contributed by atoms with van der Waals surface area (Å²) in [6.45, 7) is 0. The Labute approximate surface area is 152 Å². The second kappa shape index (κ2) is 5.54. The van der Waals surface area contributed by atoms with E-state index in [0.29, 0.717) is 0 Å². The molecule has 0 aliphatic rings. The van der Waals surface area contributed by atoms with Crippen molar-refractivity contribution >= 4 is 43.6 Å². The SMILES string of the molecule is Fc1c(F)c(F)c2c(F)c3nc4cc5ccccc5cc4nc3c(F)c2c1F. The molecule has 4 aromatic carbocycles. The van der Waals surface area contributed by atoms with Crippen LogP contribution in [0.4, 0.5) is 26.3 Å². The maximum absolute atomic E-state index is 14.9. The molecule has 8 heteroatoms. The van der Waals surface area contributed by atoms with Crippen LogP contribution < -0.4 is 0 Å². The molecule has 138 valence electrons. The number of aromatic nitrogens is 2. The summed E-state index contributed by atoms with van der Waals surface area (Å²) < 4.78 is 85.0. The van der Waals surface area contributed by atoms with E-state index in [9.17, 15) is 26.3 Å². The largest absolute Gasteiger partial charge is 0.241 e. The number of benzene rings is 4. The minimum Gasteiger partial charge on any atom is -0.241 e. The van der Waals surface area contributed by atoms with Gasteiger partial charge in [0.2, 0.25) is 0 Å². The van der Waals surface area contributed by atoms with E-state index in [1.165, 1.54) is 0 Å². The summed E-state index contributed by atoms with van der Waals surface area (Å²) in [7, 11) is 0. The molecule has 0 spiro atoms. The number of fused-ring (bicyclic) bond motifs is 4. The highest BCUT2D eigenvalue weighted by molar-refractivity contribution is 6.02. The molecule has 0 amide bonds. The van der Waals surface area contributed by atoms with E-state index < -0.39 is 56.7 Å². The Morgan fingerprint density at radius 3 is 1.29 bits per heavy atom. The molecule has 0 saturated heterocycles. The molecule has 0 bridgehead atoms. The summed E-state index contributed by atoms with van der Waals surface area (Å²) in [6, 6.07) is 10.2. The first kappa shape index (κ1) is 16.7. The van der Waals surface area contributed by atoms with E-state index in [1.807, 2.05) is 0 Å². The lowest BCUT2D eigenvalue weighted by Gasteiger charge is -2.11. The molecule has 1 heterocycles. The van der Waals surface area contributed by atoms with E-state index in [1.54, 1.807) is 36.4 Å². The van der Waals surface area contributed by atoms with Gasteiger partial charge in [0.1, 0.15) is 11.0 Å². The van der Waals surface area contributed by atoms with Crippen molar-refractivity contribution in [2.45, 2.75) is 0 Å². The topological polar surface area (TPSA) is 25.8 Å². The highest BCUT2D eigenvalue weighted by atomic mass is 19.2. The van der Waals surface area contributed by atoms with Gasteiger partial charge in [0.05, 0.1) is 21.8 Å². The van der Waals surface area contributed by atoms with Gasteiger partial charge >= 0.3 is 0 Å². The fourth-order valence-corrected chi connectivity index (χ4v) is 3.33. The zero-order chi connectivity index (χ0) is 19.7. The van der Waals surface area contributed by atoms with Crippen LogP contribution in [0, 0.1) is 34.9 Å². The average molecular weight is 388 g/mol. The third-order valence-corrected chi connectivity index (χ3v) is 4.65. The van der Waals surface area contributed by atoms with Gasteiger partial charge in [-0.1, -0.05) is 24.3 Å². The normalized spacial score (nSPS) is 11.9. The monoisotopic (exact) mass is 388 g/mol. The minimum absolute atomic E-state index is 0.173. The van der Waals surface area contributed by atoms with Crippen molar-refractivity contribution in [2.75, 3.05) is 0 Å². The smallest absolute Gasteiger partial charge is 0.198 e. The van der Waals surface area contributed by atoms with Crippen molar-refractivity contribution in [2.24, 2.45) is 0 Å². The summed E-state index contributed by atoms with van der Waals surface area (Å²) >= 11 is 0. The Balaban J connectivity index is 2.04. The van der Waals surface area contributed by atoms with E-state index in [2.05, 4.69) is 9.97 Å². The number of rotatable bonds is 0. The predicted molar refractivity (Wildman–Crippen MR) is 91.8 cm³/mol. The van der Waals surface area contributed by atoms with Gasteiger partial charge in [-0.2, -0.15) is 0 Å². The van der Waals surface area contributed by atoms with Gasteiger partial charge in [0.25, 0.3) is 0 Å². The first-order valence-corrected chi connectivity index (χ1v) is 8.01. The zero-order valence-corrected chi connectivity index (χ0v) is 13.6. The van der Waals surface area contributed by atoms with Crippen LogP contribution in [0.5, 0.6) is 0 Å². The Kier molecular flexibility index (Phi) is 3.31. The number of hydrogen-bond acceptors (Lipinski definition) is 2. The van der Waals surface area contributed by atoms with E-state index in [-0.39, 0.29) is 11.0 Å². The van der Waals surface area contributed by atoms with Crippen LogP contribution in [0.25, 0.3) is 43.6 Å². The fourth-order valence-electron chi connectivity index (χ4n) is 3.33. The maximum Gasteiger partial charge on any atom is 0.198 e. The lowest BCUT2D eigenvalue weighted by molar-refractivity contribution is 0.415. The van der Waals surface area contributed by atoms with Gasteiger partial charge in [-0.15, -0.1) is 0 Å². The second-order valence-corrected chi connectivity index (χ2v) is 6.24. The highest BCUT2D eigenvalue weighted by Gasteiger charge is 2.29. The van der Waals surface area contributed by atoms with Crippen LogP contribution in [0.1, 0.15) is 0 Å². The lowest BCUT2D eigenvalue weighted by atomic mass is 10.0. The van der Waals surface area contributed by atoms with Crippen molar-refractivity contribution in [3.63, 3.8) is 0 Å². The molecule has 0 fully saturated rings. The molecule has 0 saturated carbocycles. The van der Waals surface area contributed by atoms with Crippen molar-refractivity contribution in [3.8, 4) is 0 Å². The van der Waals surface area contributed by atoms with Crippen LogP contribution in [0.15, 0.2) is 36.4 Å². The lowest BCUT2D eigenvalue weighted by Crippen LogP contribution is -2.04. The molecule has 0 N–H and O–H groups in total. The minimum atomic E-state index is -2.23. The third-order valence-electron chi connectivity index (χ3n) is 4.65. The molecule has 0 unspecified atom stereocenters.